The smallest absolute Gasteiger partial charge is 0.338 e. The highest BCUT2D eigenvalue weighted by molar-refractivity contribution is 5.95. The Labute approximate surface area is 132 Å². The van der Waals surface area contributed by atoms with E-state index < -0.39 is 11.9 Å². The summed E-state index contributed by atoms with van der Waals surface area (Å²) in [6.45, 7) is 8.80. The summed E-state index contributed by atoms with van der Waals surface area (Å²) in [5.41, 5.74) is 0.653. The van der Waals surface area contributed by atoms with E-state index in [0.29, 0.717) is 24.3 Å². The fourth-order valence-corrected chi connectivity index (χ4v) is 1.74. The van der Waals surface area contributed by atoms with E-state index in [4.69, 9.17) is 9.47 Å². The van der Waals surface area contributed by atoms with Gasteiger partial charge in [0.15, 0.2) is 0 Å². The van der Waals surface area contributed by atoms with Crippen molar-refractivity contribution < 1.29 is 19.1 Å². The fourth-order valence-electron chi connectivity index (χ4n) is 1.74. The first-order chi connectivity index (χ1) is 10.3. The van der Waals surface area contributed by atoms with Crippen molar-refractivity contribution in [2.45, 2.75) is 47.0 Å². The van der Waals surface area contributed by atoms with Crippen molar-refractivity contribution >= 4 is 11.9 Å². The quantitative estimate of drug-likeness (QED) is 0.558. The lowest BCUT2D eigenvalue weighted by molar-refractivity contribution is 0.0367. The highest BCUT2D eigenvalue weighted by atomic mass is 16.5. The summed E-state index contributed by atoms with van der Waals surface area (Å²) in [6, 6.07) is 6.46. The number of hydrogen-bond acceptors (Lipinski definition) is 4. The van der Waals surface area contributed by atoms with Gasteiger partial charge in [0, 0.05) is 0 Å². The van der Waals surface area contributed by atoms with Gasteiger partial charge in [-0.15, -0.1) is 0 Å². The molecule has 0 saturated heterocycles. The highest BCUT2D eigenvalue weighted by Crippen LogP contribution is 2.15. The van der Waals surface area contributed by atoms with Crippen molar-refractivity contribution in [1.82, 2.24) is 0 Å². The molecule has 0 aliphatic heterocycles. The van der Waals surface area contributed by atoms with Crippen LogP contribution in [0.3, 0.4) is 0 Å². The second kappa shape index (κ2) is 8.57. The van der Waals surface area contributed by atoms with Crippen molar-refractivity contribution in [3.05, 3.63) is 35.4 Å². The molecule has 1 rings (SSSR count). The van der Waals surface area contributed by atoms with Crippen LogP contribution >= 0.6 is 0 Å². The molecule has 0 radical (unpaired) electrons. The van der Waals surface area contributed by atoms with Crippen molar-refractivity contribution in [1.29, 1.82) is 0 Å². The van der Waals surface area contributed by atoms with E-state index in [0.717, 1.165) is 19.3 Å². The summed E-state index contributed by atoms with van der Waals surface area (Å²) in [7, 11) is 0. The van der Waals surface area contributed by atoms with Crippen molar-refractivity contribution in [2.24, 2.45) is 5.41 Å². The first-order valence-corrected chi connectivity index (χ1v) is 7.78. The Kier molecular flexibility index (Phi) is 7.09. The summed E-state index contributed by atoms with van der Waals surface area (Å²) in [5, 5.41) is 0. The Morgan fingerprint density at radius 1 is 1.00 bits per heavy atom. The predicted octanol–water partition coefficient (Wildman–Crippen LogP) is 4.24. The molecule has 0 saturated carbocycles. The van der Waals surface area contributed by atoms with Crippen LogP contribution in [-0.2, 0) is 9.47 Å². The largest absolute Gasteiger partial charge is 0.462 e. The Bertz CT molecular complexity index is 500. The van der Waals surface area contributed by atoms with Gasteiger partial charge >= 0.3 is 11.9 Å². The molecule has 4 nitrogen and oxygen atoms in total. The van der Waals surface area contributed by atoms with Crippen LogP contribution in [0.5, 0.6) is 0 Å². The second-order valence-corrected chi connectivity index (χ2v) is 6.56. The number of rotatable bonds is 7. The summed E-state index contributed by atoms with van der Waals surface area (Å²) >= 11 is 0. The average Bonchev–Trinajstić information content (AvgIpc) is 2.48. The lowest BCUT2D eigenvalue weighted by Crippen LogP contribution is -2.18. The van der Waals surface area contributed by atoms with Crippen LogP contribution in [0.4, 0.5) is 0 Å². The van der Waals surface area contributed by atoms with Gasteiger partial charge in [-0.1, -0.05) is 46.6 Å². The van der Waals surface area contributed by atoms with Crippen molar-refractivity contribution in [2.75, 3.05) is 13.2 Å². The van der Waals surface area contributed by atoms with Gasteiger partial charge in [-0.3, -0.25) is 0 Å². The molecule has 0 spiro atoms. The molecule has 0 atom stereocenters. The van der Waals surface area contributed by atoms with Crippen molar-refractivity contribution in [3.8, 4) is 0 Å². The SMILES string of the molecule is CCCCCOC(=O)c1cccc(C(=O)OCC(C)(C)C)c1. The topological polar surface area (TPSA) is 52.6 Å². The molecule has 1 aromatic carbocycles. The van der Waals surface area contributed by atoms with Crippen molar-refractivity contribution in [3.63, 3.8) is 0 Å². The van der Waals surface area contributed by atoms with Gasteiger partial charge in [0.05, 0.1) is 24.3 Å². The van der Waals surface area contributed by atoms with E-state index in [1.807, 2.05) is 20.8 Å². The van der Waals surface area contributed by atoms with E-state index >= 15 is 0 Å². The molecule has 0 amide bonds. The van der Waals surface area contributed by atoms with Crippen LogP contribution in [0.1, 0.15) is 67.7 Å². The molecular formula is C18H26O4. The van der Waals surface area contributed by atoms with Crippen LogP contribution in [0, 0.1) is 5.41 Å². The van der Waals surface area contributed by atoms with Crippen LogP contribution in [0.25, 0.3) is 0 Å². The first kappa shape index (κ1) is 18.2. The zero-order valence-electron chi connectivity index (χ0n) is 14.0. The monoisotopic (exact) mass is 306 g/mol. The standard InChI is InChI=1S/C18H26O4/c1-5-6-7-11-21-16(19)14-9-8-10-15(12-14)17(20)22-13-18(2,3)4/h8-10,12H,5-7,11,13H2,1-4H3. The molecule has 1 aromatic rings. The van der Waals surface area contributed by atoms with Gasteiger partial charge in [-0.25, -0.2) is 9.59 Å². The lowest BCUT2D eigenvalue weighted by atomic mass is 9.99. The highest BCUT2D eigenvalue weighted by Gasteiger charge is 2.16. The van der Waals surface area contributed by atoms with Crippen LogP contribution in [0.2, 0.25) is 0 Å². The minimum atomic E-state index is -0.421. The maximum Gasteiger partial charge on any atom is 0.338 e. The minimum Gasteiger partial charge on any atom is -0.462 e. The number of esters is 2. The zero-order valence-corrected chi connectivity index (χ0v) is 14.0. The number of carbonyl (C=O) groups excluding carboxylic acids is 2. The number of benzene rings is 1. The molecule has 4 heteroatoms. The van der Waals surface area contributed by atoms with Gasteiger partial charge in [0.25, 0.3) is 0 Å². The minimum absolute atomic E-state index is 0.0918. The summed E-state index contributed by atoms with van der Waals surface area (Å²) in [4.78, 5) is 23.9. The van der Waals surface area contributed by atoms with E-state index in [-0.39, 0.29) is 5.41 Å². The van der Waals surface area contributed by atoms with E-state index in [2.05, 4.69) is 6.92 Å². The number of hydrogen-bond donors (Lipinski definition) is 0. The van der Waals surface area contributed by atoms with E-state index in [9.17, 15) is 9.59 Å². The maximum atomic E-state index is 12.0. The van der Waals surface area contributed by atoms with Crippen LogP contribution < -0.4 is 0 Å². The Hall–Kier alpha value is -1.84. The first-order valence-electron chi connectivity index (χ1n) is 7.78. The molecular weight excluding hydrogens is 280 g/mol. The number of unbranched alkanes of at least 4 members (excludes halogenated alkanes) is 2. The third-order valence-corrected chi connectivity index (χ3v) is 2.95. The van der Waals surface area contributed by atoms with E-state index in [1.54, 1.807) is 18.2 Å². The molecule has 0 bridgehead atoms. The number of ether oxygens (including phenoxy) is 2. The third-order valence-electron chi connectivity index (χ3n) is 2.95. The van der Waals surface area contributed by atoms with Gasteiger partial charge in [-0.05, 0) is 30.0 Å². The summed E-state index contributed by atoms with van der Waals surface area (Å²) in [6.07, 6.45) is 2.97. The Balaban J connectivity index is 2.61. The molecule has 0 unspecified atom stereocenters. The normalized spacial score (nSPS) is 11.1. The van der Waals surface area contributed by atoms with Gasteiger partial charge in [-0.2, -0.15) is 0 Å². The Morgan fingerprint density at radius 2 is 1.59 bits per heavy atom. The van der Waals surface area contributed by atoms with Gasteiger partial charge in [0.2, 0.25) is 0 Å². The van der Waals surface area contributed by atoms with Crippen LogP contribution in [-0.4, -0.2) is 25.2 Å². The summed E-state index contributed by atoms with van der Waals surface area (Å²) in [5.74, 6) is -0.822. The predicted molar refractivity (Wildman–Crippen MR) is 86.0 cm³/mol. The zero-order chi connectivity index (χ0) is 16.6. The van der Waals surface area contributed by atoms with Gasteiger partial charge < -0.3 is 9.47 Å². The number of carbonyl (C=O) groups is 2. The lowest BCUT2D eigenvalue weighted by Gasteiger charge is -2.17. The molecule has 122 valence electrons. The molecule has 0 aromatic heterocycles. The molecule has 0 aliphatic rings. The molecule has 0 heterocycles. The molecule has 0 aliphatic carbocycles. The average molecular weight is 306 g/mol. The van der Waals surface area contributed by atoms with Crippen LogP contribution in [0.15, 0.2) is 24.3 Å². The fraction of sp³-hybridized carbons (Fsp3) is 0.556. The van der Waals surface area contributed by atoms with E-state index in [1.165, 1.54) is 6.07 Å². The summed E-state index contributed by atoms with van der Waals surface area (Å²) < 4.78 is 10.4. The Morgan fingerprint density at radius 3 is 2.14 bits per heavy atom. The molecule has 22 heavy (non-hydrogen) atoms. The second-order valence-electron chi connectivity index (χ2n) is 6.56. The third kappa shape index (κ3) is 6.74. The molecule has 0 N–H and O–H groups in total. The molecule has 0 fully saturated rings. The maximum absolute atomic E-state index is 12.0. The van der Waals surface area contributed by atoms with Gasteiger partial charge in [0.1, 0.15) is 0 Å².